The Labute approximate surface area is 113 Å². The number of hydrogen-bond donors (Lipinski definition) is 3. The molecule has 0 spiro atoms. The fraction of sp³-hybridized carbons (Fsp3) is 0.417. The van der Waals surface area contributed by atoms with E-state index in [1.807, 2.05) is 13.8 Å². The van der Waals surface area contributed by atoms with Gasteiger partial charge in [-0.2, -0.15) is 8.42 Å². The van der Waals surface area contributed by atoms with Crippen LogP contribution < -0.4 is 10.6 Å². The van der Waals surface area contributed by atoms with Crippen LogP contribution >= 0.6 is 0 Å². The van der Waals surface area contributed by atoms with Gasteiger partial charge < -0.3 is 10.6 Å². The first-order valence-corrected chi connectivity index (χ1v) is 7.45. The van der Waals surface area contributed by atoms with E-state index >= 15 is 0 Å². The van der Waals surface area contributed by atoms with E-state index in [0.717, 1.165) is 12.8 Å². The SMILES string of the molecule is CCC(CC)NC(=O)Nc1cccc(S(=O)(=O)O)c1. The molecule has 1 rings (SSSR count). The Kier molecular flexibility index (Phi) is 5.31. The first kappa shape index (κ1) is 15.5. The summed E-state index contributed by atoms with van der Waals surface area (Å²) in [5, 5.41) is 5.29. The van der Waals surface area contributed by atoms with Gasteiger partial charge in [-0.05, 0) is 31.0 Å². The molecule has 0 aliphatic rings. The summed E-state index contributed by atoms with van der Waals surface area (Å²) in [5.41, 5.74) is 0.304. The van der Waals surface area contributed by atoms with Crippen LogP contribution in [0.2, 0.25) is 0 Å². The lowest BCUT2D eigenvalue weighted by Crippen LogP contribution is -2.37. The highest BCUT2D eigenvalue weighted by Gasteiger charge is 2.12. The van der Waals surface area contributed by atoms with Crippen molar-refractivity contribution in [2.24, 2.45) is 0 Å². The van der Waals surface area contributed by atoms with Crippen LogP contribution in [0.25, 0.3) is 0 Å². The van der Waals surface area contributed by atoms with Crippen molar-refractivity contribution < 1.29 is 17.8 Å². The molecule has 0 fully saturated rings. The highest BCUT2D eigenvalue weighted by Crippen LogP contribution is 2.15. The lowest BCUT2D eigenvalue weighted by molar-refractivity contribution is 0.247. The largest absolute Gasteiger partial charge is 0.335 e. The van der Waals surface area contributed by atoms with Crippen molar-refractivity contribution in [1.29, 1.82) is 0 Å². The second kappa shape index (κ2) is 6.53. The summed E-state index contributed by atoms with van der Waals surface area (Å²) in [4.78, 5) is 11.4. The molecular weight excluding hydrogens is 268 g/mol. The van der Waals surface area contributed by atoms with Crippen LogP contribution in [-0.2, 0) is 10.1 Å². The molecule has 0 radical (unpaired) electrons. The van der Waals surface area contributed by atoms with Gasteiger partial charge in [-0.3, -0.25) is 4.55 Å². The van der Waals surface area contributed by atoms with Gasteiger partial charge in [0.25, 0.3) is 10.1 Å². The molecule has 0 aliphatic heterocycles. The van der Waals surface area contributed by atoms with E-state index in [0.29, 0.717) is 5.69 Å². The minimum atomic E-state index is -4.27. The minimum Gasteiger partial charge on any atom is -0.335 e. The van der Waals surface area contributed by atoms with Crippen LogP contribution in [-0.4, -0.2) is 25.0 Å². The molecule has 0 saturated carbocycles. The smallest absolute Gasteiger partial charge is 0.319 e. The van der Waals surface area contributed by atoms with E-state index in [4.69, 9.17) is 4.55 Å². The van der Waals surface area contributed by atoms with Gasteiger partial charge in [0.1, 0.15) is 0 Å². The Balaban J connectivity index is 2.75. The van der Waals surface area contributed by atoms with E-state index in [9.17, 15) is 13.2 Å². The summed E-state index contributed by atoms with van der Waals surface area (Å²) in [6.45, 7) is 3.93. The second-order valence-corrected chi connectivity index (χ2v) is 5.54. The predicted octanol–water partition coefficient (Wildman–Crippen LogP) is 2.24. The summed E-state index contributed by atoms with van der Waals surface area (Å²) in [6.07, 6.45) is 1.63. The Bertz CT molecular complexity index is 538. The van der Waals surface area contributed by atoms with Gasteiger partial charge >= 0.3 is 6.03 Å². The van der Waals surface area contributed by atoms with Crippen molar-refractivity contribution >= 4 is 21.8 Å². The molecular formula is C12H18N2O4S. The van der Waals surface area contributed by atoms with Crippen LogP contribution in [0.15, 0.2) is 29.2 Å². The summed E-state index contributed by atoms with van der Waals surface area (Å²) >= 11 is 0. The molecule has 3 N–H and O–H groups in total. The number of rotatable bonds is 5. The van der Waals surface area contributed by atoms with Crippen LogP contribution in [0.3, 0.4) is 0 Å². The van der Waals surface area contributed by atoms with Crippen molar-refractivity contribution in [3.05, 3.63) is 24.3 Å². The maximum atomic E-state index is 11.7. The highest BCUT2D eigenvalue weighted by atomic mass is 32.2. The van der Waals surface area contributed by atoms with Crippen molar-refractivity contribution in [1.82, 2.24) is 5.32 Å². The molecule has 106 valence electrons. The van der Waals surface area contributed by atoms with Crippen molar-refractivity contribution in [3.63, 3.8) is 0 Å². The van der Waals surface area contributed by atoms with Gasteiger partial charge in [0.05, 0.1) is 4.90 Å². The fourth-order valence-corrected chi connectivity index (χ4v) is 2.11. The molecule has 7 heteroatoms. The van der Waals surface area contributed by atoms with Crippen molar-refractivity contribution in [3.8, 4) is 0 Å². The number of nitrogens with one attached hydrogen (secondary N) is 2. The van der Waals surface area contributed by atoms with Crippen LogP contribution in [0, 0.1) is 0 Å². The van der Waals surface area contributed by atoms with Gasteiger partial charge in [0.2, 0.25) is 0 Å². The Morgan fingerprint density at radius 2 is 1.95 bits per heavy atom. The van der Waals surface area contributed by atoms with E-state index in [1.54, 1.807) is 6.07 Å². The zero-order valence-electron chi connectivity index (χ0n) is 10.9. The standard InChI is InChI=1S/C12H18N2O4S/c1-3-9(4-2)13-12(15)14-10-6-5-7-11(8-10)19(16,17)18/h5-9H,3-4H2,1-2H3,(H2,13,14,15)(H,16,17,18). The van der Waals surface area contributed by atoms with Gasteiger partial charge in [0.15, 0.2) is 0 Å². The van der Waals surface area contributed by atoms with E-state index < -0.39 is 16.1 Å². The van der Waals surface area contributed by atoms with Gasteiger partial charge in [-0.1, -0.05) is 19.9 Å². The van der Waals surface area contributed by atoms with Crippen molar-refractivity contribution in [2.75, 3.05) is 5.32 Å². The monoisotopic (exact) mass is 286 g/mol. The van der Waals surface area contributed by atoms with Crippen molar-refractivity contribution in [2.45, 2.75) is 37.6 Å². The Morgan fingerprint density at radius 1 is 1.32 bits per heavy atom. The van der Waals surface area contributed by atoms with E-state index in [2.05, 4.69) is 10.6 Å². The molecule has 2 amide bonds. The molecule has 1 aromatic rings. The number of anilines is 1. The third kappa shape index (κ3) is 4.88. The van der Waals surface area contributed by atoms with Gasteiger partial charge in [-0.15, -0.1) is 0 Å². The predicted molar refractivity (Wildman–Crippen MR) is 72.8 cm³/mol. The topological polar surface area (TPSA) is 95.5 Å². The lowest BCUT2D eigenvalue weighted by atomic mass is 10.2. The lowest BCUT2D eigenvalue weighted by Gasteiger charge is -2.15. The van der Waals surface area contributed by atoms with Gasteiger partial charge in [-0.25, -0.2) is 4.79 Å². The maximum absolute atomic E-state index is 11.7. The molecule has 0 aromatic heterocycles. The minimum absolute atomic E-state index is 0.0738. The molecule has 6 nitrogen and oxygen atoms in total. The molecule has 0 saturated heterocycles. The molecule has 0 atom stereocenters. The summed E-state index contributed by atoms with van der Waals surface area (Å²) in [7, 11) is -4.27. The summed E-state index contributed by atoms with van der Waals surface area (Å²) in [5.74, 6) is 0. The molecule has 0 heterocycles. The molecule has 0 unspecified atom stereocenters. The molecule has 0 aliphatic carbocycles. The van der Waals surface area contributed by atoms with Crippen LogP contribution in [0.1, 0.15) is 26.7 Å². The number of urea groups is 1. The average Bonchev–Trinajstić information content (AvgIpc) is 2.35. The summed E-state index contributed by atoms with van der Waals surface area (Å²) < 4.78 is 30.9. The second-order valence-electron chi connectivity index (χ2n) is 4.11. The first-order chi connectivity index (χ1) is 8.86. The highest BCUT2D eigenvalue weighted by molar-refractivity contribution is 7.85. The van der Waals surface area contributed by atoms with Crippen LogP contribution in [0.4, 0.5) is 10.5 Å². The Morgan fingerprint density at radius 3 is 2.47 bits per heavy atom. The molecule has 0 bridgehead atoms. The maximum Gasteiger partial charge on any atom is 0.319 e. The number of amides is 2. The zero-order valence-corrected chi connectivity index (χ0v) is 11.7. The fourth-order valence-electron chi connectivity index (χ4n) is 1.58. The Hall–Kier alpha value is -1.60. The molecule has 1 aromatic carbocycles. The number of benzene rings is 1. The average molecular weight is 286 g/mol. The number of carbonyl (C=O) groups excluding carboxylic acids is 1. The quantitative estimate of drug-likeness (QED) is 0.723. The third-order valence-corrected chi connectivity index (χ3v) is 3.56. The van der Waals surface area contributed by atoms with Crippen LogP contribution in [0.5, 0.6) is 0 Å². The molecule has 19 heavy (non-hydrogen) atoms. The third-order valence-electron chi connectivity index (χ3n) is 2.71. The van der Waals surface area contributed by atoms with E-state index in [1.165, 1.54) is 18.2 Å². The zero-order chi connectivity index (χ0) is 14.5. The summed E-state index contributed by atoms with van der Waals surface area (Å²) in [6, 6.07) is 5.10. The van der Waals surface area contributed by atoms with E-state index in [-0.39, 0.29) is 10.9 Å². The number of carbonyl (C=O) groups is 1. The first-order valence-electron chi connectivity index (χ1n) is 6.01. The number of hydrogen-bond acceptors (Lipinski definition) is 3. The van der Waals surface area contributed by atoms with Gasteiger partial charge in [0, 0.05) is 11.7 Å². The normalized spacial score (nSPS) is 11.4.